The summed E-state index contributed by atoms with van der Waals surface area (Å²) < 4.78 is 11.5. The number of para-hydroxylation sites is 1. The van der Waals surface area contributed by atoms with E-state index in [0.717, 1.165) is 19.5 Å². The first-order valence-electron chi connectivity index (χ1n) is 7.69. The molecular formula is C19H19NO3. The average molecular weight is 309 g/mol. The lowest BCUT2D eigenvalue weighted by molar-refractivity contribution is 0.309. The fraction of sp³-hybridized carbons (Fsp3) is 0.211. The molecule has 1 aromatic heterocycles. The van der Waals surface area contributed by atoms with Crippen molar-refractivity contribution in [1.29, 1.82) is 0 Å². The summed E-state index contributed by atoms with van der Waals surface area (Å²) in [6.45, 7) is 5.91. The van der Waals surface area contributed by atoms with E-state index in [1.54, 1.807) is 24.3 Å². The van der Waals surface area contributed by atoms with Gasteiger partial charge in [0.05, 0.1) is 17.4 Å². The summed E-state index contributed by atoms with van der Waals surface area (Å²) in [6, 6.07) is 12.6. The lowest BCUT2D eigenvalue weighted by atomic mass is 10.1. The molecule has 0 fully saturated rings. The van der Waals surface area contributed by atoms with Crippen molar-refractivity contribution in [2.24, 2.45) is 0 Å². The van der Waals surface area contributed by atoms with Crippen LogP contribution in [0, 0.1) is 0 Å². The first-order chi connectivity index (χ1) is 11.3. The number of benzene rings is 2. The standard InChI is InChI=1S/C19H19NO3/c1-2-10-20-11-5-12-22-14-8-9-18-16(13-14)19(21)15-6-3-4-7-17(15)23-18/h2-4,6-9,13,20H,1,5,10-12H2. The van der Waals surface area contributed by atoms with E-state index < -0.39 is 0 Å². The maximum Gasteiger partial charge on any atom is 0.200 e. The average Bonchev–Trinajstić information content (AvgIpc) is 2.59. The number of hydrogen-bond acceptors (Lipinski definition) is 4. The van der Waals surface area contributed by atoms with E-state index in [9.17, 15) is 4.79 Å². The lowest BCUT2D eigenvalue weighted by Crippen LogP contribution is -2.17. The third kappa shape index (κ3) is 3.43. The third-order valence-corrected chi connectivity index (χ3v) is 3.60. The second kappa shape index (κ2) is 7.11. The molecule has 0 aliphatic rings. The Labute approximate surface area is 134 Å². The highest BCUT2D eigenvalue weighted by molar-refractivity contribution is 5.90. The Kier molecular flexibility index (Phi) is 4.74. The van der Waals surface area contributed by atoms with E-state index in [1.807, 2.05) is 24.3 Å². The monoisotopic (exact) mass is 309 g/mol. The van der Waals surface area contributed by atoms with Crippen molar-refractivity contribution in [1.82, 2.24) is 5.32 Å². The van der Waals surface area contributed by atoms with E-state index in [1.165, 1.54) is 0 Å². The van der Waals surface area contributed by atoms with E-state index in [0.29, 0.717) is 34.3 Å². The van der Waals surface area contributed by atoms with Gasteiger partial charge in [-0.1, -0.05) is 18.2 Å². The van der Waals surface area contributed by atoms with E-state index in [4.69, 9.17) is 9.15 Å². The molecule has 1 N–H and O–H groups in total. The molecule has 4 nitrogen and oxygen atoms in total. The molecule has 23 heavy (non-hydrogen) atoms. The van der Waals surface area contributed by atoms with Crippen LogP contribution in [-0.4, -0.2) is 19.7 Å². The van der Waals surface area contributed by atoms with Crippen LogP contribution in [0.5, 0.6) is 5.75 Å². The number of fused-ring (bicyclic) bond motifs is 2. The predicted molar refractivity (Wildman–Crippen MR) is 93.2 cm³/mol. The van der Waals surface area contributed by atoms with Gasteiger partial charge in [-0.15, -0.1) is 6.58 Å². The lowest BCUT2D eigenvalue weighted by Gasteiger charge is -2.08. The van der Waals surface area contributed by atoms with Crippen molar-refractivity contribution < 1.29 is 9.15 Å². The van der Waals surface area contributed by atoms with Crippen molar-refractivity contribution in [2.75, 3.05) is 19.7 Å². The highest BCUT2D eigenvalue weighted by Crippen LogP contribution is 2.22. The second-order valence-corrected chi connectivity index (χ2v) is 5.28. The molecule has 2 aromatic carbocycles. The molecule has 0 radical (unpaired) electrons. The van der Waals surface area contributed by atoms with Crippen LogP contribution in [0.1, 0.15) is 6.42 Å². The zero-order valence-corrected chi connectivity index (χ0v) is 12.9. The molecule has 118 valence electrons. The normalized spacial score (nSPS) is 11.0. The minimum atomic E-state index is -0.0278. The largest absolute Gasteiger partial charge is 0.494 e. The maximum absolute atomic E-state index is 12.6. The quantitative estimate of drug-likeness (QED) is 0.412. The molecule has 0 saturated carbocycles. The second-order valence-electron chi connectivity index (χ2n) is 5.28. The van der Waals surface area contributed by atoms with E-state index in [-0.39, 0.29) is 5.43 Å². The molecule has 0 bridgehead atoms. The topological polar surface area (TPSA) is 51.5 Å². The molecule has 0 spiro atoms. The summed E-state index contributed by atoms with van der Waals surface area (Å²) in [7, 11) is 0. The molecular weight excluding hydrogens is 290 g/mol. The summed E-state index contributed by atoms with van der Waals surface area (Å²) in [5, 5.41) is 4.35. The first kappa shape index (κ1) is 15.3. The summed E-state index contributed by atoms with van der Waals surface area (Å²) in [5.74, 6) is 0.684. The van der Waals surface area contributed by atoms with Gasteiger partial charge in [0, 0.05) is 6.54 Å². The number of rotatable bonds is 7. The predicted octanol–water partition coefficient (Wildman–Crippen LogP) is 3.49. The van der Waals surface area contributed by atoms with Gasteiger partial charge in [0.1, 0.15) is 16.9 Å². The summed E-state index contributed by atoms with van der Waals surface area (Å²) in [4.78, 5) is 12.6. The Bertz CT molecular complexity index is 883. The molecule has 0 aliphatic carbocycles. The fourth-order valence-corrected chi connectivity index (χ4v) is 2.46. The number of ether oxygens (including phenoxy) is 1. The van der Waals surface area contributed by atoms with Gasteiger partial charge in [0.25, 0.3) is 0 Å². The van der Waals surface area contributed by atoms with Crippen LogP contribution in [0.3, 0.4) is 0 Å². The summed E-state index contributed by atoms with van der Waals surface area (Å²) >= 11 is 0. The van der Waals surface area contributed by atoms with Crippen LogP contribution >= 0.6 is 0 Å². The molecule has 0 aliphatic heterocycles. The molecule has 3 rings (SSSR count). The number of hydrogen-bond donors (Lipinski definition) is 1. The van der Waals surface area contributed by atoms with Gasteiger partial charge < -0.3 is 14.5 Å². The zero-order chi connectivity index (χ0) is 16.1. The molecule has 0 unspecified atom stereocenters. The van der Waals surface area contributed by atoms with Crippen LogP contribution in [0.25, 0.3) is 21.9 Å². The Balaban J connectivity index is 1.78. The van der Waals surface area contributed by atoms with Gasteiger partial charge in [0.15, 0.2) is 0 Å². The van der Waals surface area contributed by atoms with Gasteiger partial charge >= 0.3 is 0 Å². The van der Waals surface area contributed by atoms with Crippen LogP contribution < -0.4 is 15.5 Å². The van der Waals surface area contributed by atoms with Gasteiger partial charge in [-0.25, -0.2) is 0 Å². The minimum Gasteiger partial charge on any atom is -0.494 e. The Morgan fingerprint density at radius 2 is 1.96 bits per heavy atom. The Morgan fingerprint density at radius 1 is 1.13 bits per heavy atom. The Morgan fingerprint density at radius 3 is 2.83 bits per heavy atom. The summed E-state index contributed by atoms with van der Waals surface area (Å²) in [5.41, 5.74) is 1.15. The first-order valence-corrected chi connectivity index (χ1v) is 7.69. The fourth-order valence-electron chi connectivity index (χ4n) is 2.46. The Hall–Kier alpha value is -2.59. The highest BCUT2D eigenvalue weighted by Gasteiger charge is 2.08. The van der Waals surface area contributed by atoms with Crippen LogP contribution in [0.2, 0.25) is 0 Å². The summed E-state index contributed by atoms with van der Waals surface area (Å²) in [6.07, 6.45) is 2.71. The third-order valence-electron chi connectivity index (χ3n) is 3.60. The van der Waals surface area contributed by atoms with Crippen molar-refractivity contribution in [3.8, 4) is 5.75 Å². The molecule has 0 amide bonds. The van der Waals surface area contributed by atoms with Crippen molar-refractivity contribution in [3.05, 3.63) is 65.3 Å². The van der Waals surface area contributed by atoms with Crippen molar-refractivity contribution in [3.63, 3.8) is 0 Å². The molecule has 4 heteroatoms. The smallest absolute Gasteiger partial charge is 0.200 e. The molecule has 3 aromatic rings. The SMILES string of the molecule is C=CCNCCCOc1ccc2oc3ccccc3c(=O)c2c1. The molecule has 0 atom stereocenters. The van der Waals surface area contributed by atoms with Crippen LogP contribution in [-0.2, 0) is 0 Å². The van der Waals surface area contributed by atoms with Gasteiger partial charge in [-0.2, -0.15) is 0 Å². The molecule has 1 heterocycles. The van der Waals surface area contributed by atoms with Gasteiger partial charge in [-0.3, -0.25) is 4.79 Å². The van der Waals surface area contributed by atoms with Crippen molar-refractivity contribution in [2.45, 2.75) is 6.42 Å². The van der Waals surface area contributed by atoms with Gasteiger partial charge in [-0.05, 0) is 43.3 Å². The van der Waals surface area contributed by atoms with E-state index >= 15 is 0 Å². The number of nitrogens with one attached hydrogen (secondary N) is 1. The van der Waals surface area contributed by atoms with Gasteiger partial charge in [0.2, 0.25) is 5.43 Å². The van der Waals surface area contributed by atoms with Crippen molar-refractivity contribution >= 4 is 21.9 Å². The van der Waals surface area contributed by atoms with Crippen LogP contribution in [0.4, 0.5) is 0 Å². The molecule has 0 saturated heterocycles. The van der Waals surface area contributed by atoms with E-state index in [2.05, 4.69) is 11.9 Å². The minimum absolute atomic E-state index is 0.0278. The van der Waals surface area contributed by atoms with Crippen LogP contribution in [0.15, 0.2) is 64.3 Å². The maximum atomic E-state index is 12.6. The zero-order valence-electron chi connectivity index (χ0n) is 12.9. The highest BCUT2D eigenvalue weighted by atomic mass is 16.5.